The third-order valence-electron chi connectivity index (χ3n) is 2.47. The van der Waals surface area contributed by atoms with Crippen molar-refractivity contribution in [3.8, 4) is 0 Å². The van der Waals surface area contributed by atoms with Gasteiger partial charge in [-0.3, -0.25) is 4.79 Å². The van der Waals surface area contributed by atoms with Crippen molar-refractivity contribution in [1.29, 1.82) is 0 Å². The highest BCUT2D eigenvalue weighted by Gasteiger charge is 2.41. The van der Waals surface area contributed by atoms with E-state index in [2.05, 4.69) is 4.98 Å². The van der Waals surface area contributed by atoms with E-state index in [1.165, 1.54) is 0 Å². The average Bonchev–Trinajstić information content (AvgIpc) is 2.47. The summed E-state index contributed by atoms with van der Waals surface area (Å²) in [7, 11) is 0. The molecule has 88 valence electrons. The van der Waals surface area contributed by atoms with Crippen LogP contribution in [0.25, 0.3) is 0 Å². The van der Waals surface area contributed by atoms with Crippen molar-refractivity contribution in [3.63, 3.8) is 0 Å². The van der Waals surface area contributed by atoms with E-state index in [1.807, 2.05) is 0 Å². The van der Waals surface area contributed by atoms with Gasteiger partial charge in [-0.2, -0.15) is 22.9 Å². The minimum absolute atomic E-state index is 0.0305. The van der Waals surface area contributed by atoms with E-state index >= 15 is 0 Å². The summed E-state index contributed by atoms with van der Waals surface area (Å²) in [5.41, 5.74) is -2.35. The fraction of sp³-hybridized carbons (Fsp3) is 0.556. The number of halogens is 3. The van der Waals surface area contributed by atoms with Crippen LogP contribution in [0.15, 0.2) is 4.79 Å². The van der Waals surface area contributed by atoms with E-state index < -0.39 is 23.0 Å². The van der Waals surface area contributed by atoms with Gasteiger partial charge in [-0.05, 0) is 6.92 Å². The fourth-order valence-electron chi connectivity index (χ4n) is 1.63. The molecule has 0 bridgehead atoms. The van der Waals surface area contributed by atoms with Crippen LogP contribution in [0.1, 0.15) is 29.9 Å². The monoisotopic (exact) mass is 234 g/mol. The smallest absolute Gasteiger partial charge is 0.411 e. The Labute approximate surface area is 88.6 Å². The second-order valence-corrected chi connectivity index (χ2v) is 3.74. The molecule has 2 heterocycles. The lowest BCUT2D eigenvalue weighted by Crippen LogP contribution is -2.28. The van der Waals surface area contributed by atoms with Gasteiger partial charge in [0.05, 0.1) is 5.92 Å². The lowest BCUT2D eigenvalue weighted by Gasteiger charge is -2.15. The Hall–Kier alpha value is -1.53. The molecular weight excluding hydrogens is 225 g/mol. The Morgan fingerprint density at radius 1 is 1.50 bits per heavy atom. The van der Waals surface area contributed by atoms with Gasteiger partial charge in [-0.25, -0.2) is 0 Å². The van der Waals surface area contributed by atoms with Gasteiger partial charge >= 0.3 is 6.18 Å². The first-order valence-corrected chi connectivity index (χ1v) is 4.66. The molecule has 0 saturated heterocycles. The van der Waals surface area contributed by atoms with Crippen LogP contribution in [0, 0.1) is 6.92 Å². The third kappa shape index (κ3) is 1.46. The van der Waals surface area contributed by atoms with Crippen molar-refractivity contribution in [3.05, 3.63) is 27.4 Å². The molecule has 1 atom stereocenters. The van der Waals surface area contributed by atoms with Gasteiger partial charge in [0.2, 0.25) is 0 Å². The molecule has 16 heavy (non-hydrogen) atoms. The van der Waals surface area contributed by atoms with Gasteiger partial charge in [0, 0.05) is 5.56 Å². The molecule has 0 amide bonds. The Morgan fingerprint density at radius 2 is 2.12 bits per heavy atom. The van der Waals surface area contributed by atoms with E-state index in [4.69, 9.17) is 4.84 Å². The maximum atomic E-state index is 12.7. The first kappa shape index (κ1) is 11.0. The molecule has 1 aromatic heterocycles. The summed E-state index contributed by atoms with van der Waals surface area (Å²) in [5.74, 6) is -0.280. The van der Waals surface area contributed by atoms with Crippen LogP contribution in [-0.4, -0.2) is 16.3 Å². The molecule has 0 aromatic carbocycles. The molecule has 1 unspecified atom stereocenters. The molecule has 0 fully saturated rings. The molecular formula is C9H9F3N2O2. The van der Waals surface area contributed by atoms with Crippen molar-refractivity contribution >= 4 is 0 Å². The largest absolute Gasteiger partial charge is 0.435 e. The van der Waals surface area contributed by atoms with Gasteiger partial charge < -0.3 is 4.84 Å². The van der Waals surface area contributed by atoms with Gasteiger partial charge in [0.15, 0.2) is 11.5 Å². The zero-order valence-corrected chi connectivity index (χ0v) is 8.63. The minimum atomic E-state index is -4.62. The van der Waals surface area contributed by atoms with E-state index in [0.717, 1.165) is 6.92 Å². The number of fused-ring (bicyclic) bond motifs is 1. The lowest BCUT2D eigenvalue weighted by molar-refractivity contribution is -0.152. The van der Waals surface area contributed by atoms with Crippen LogP contribution in [0.4, 0.5) is 13.2 Å². The molecule has 1 aromatic rings. The highest BCUT2D eigenvalue weighted by Crippen LogP contribution is 2.33. The molecule has 0 radical (unpaired) electrons. The van der Waals surface area contributed by atoms with Crippen LogP contribution >= 0.6 is 0 Å². The highest BCUT2D eigenvalue weighted by molar-refractivity contribution is 5.22. The number of hydrogen-bond donors (Lipinski definition) is 0. The molecule has 4 nitrogen and oxygen atoms in total. The average molecular weight is 234 g/mol. The Morgan fingerprint density at radius 3 is 2.69 bits per heavy atom. The number of rotatable bonds is 0. The van der Waals surface area contributed by atoms with E-state index in [0.29, 0.717) is 4.73 Å². The molecule has 2 rings (SSSR count). The number of nitrogens with zero attached hydrogens (tertiary/aromatic N) is 2. The van der Waals surface area contributed by atoms with Gasteiger partial charge in [-0.15, -0.1) is 0 Å². The van der Waals surface area contributed by atoms with E-state index in [1.54, 1.807) is 6.92 Å². The van der Waals surface area contributed by atoms with Crippen molar-refractivity contribution in [2.24, 2.45) is 0 Å². The summed E-state index contributed by atoms with van der Waals surface area (Å²) in [4.78, 5) is 19.8. The lowest BCUT2D eigenvalue weighted by atomic mass is 10.1. The molecule has 1 aliphatic rings. The number of alkyl halides is 3. The van der Waals surface area contributed by atoms with E-state index in [-0.39, 0.29) is 18.3 Å². The SMILES string of the molecule is Cc1c(C(F)(F)F)n2c(nc1=O)C(C)CO2. The summed E-state index contributed by atoms with van der Waals surface area (Å²) in [6.07, 6.45) is -4.62. The summed E-state index contributed by atoms with van der Waals surface area (Å²) in [5, 5.41) is 0. The van der Waals surface area contributed by atoms with Gasteiger partial charge in [0.1, 0.15) is 6.61 Å². The topological polar surface area (TPSA) is 44.1 Å². The van der Waals surface area contributed by atoms with Crippen LogP contribution in [0.3, 0.4) is 0 Å². The predicted molar refractivity (Wildman–Crippen MR) is 48.1 cm³/mol. The maximum absolute atomic E-state index is 12.7. The zero-order chi connectivity index (χ0) is 12.1. The third-order valence-corrected chi connectivity index (χ3v) is 2.47. The van der Waals surface area contributed by atoms with E-state index in [9.17, 15) is 18.0 Å². The Balaban J connectivity index is 2.78. The van der Waals surface area contributed by atoms with Gasteiger partial charge in [-0.1, -0.05) is 6.92 Å². The highest BCUT2D eigenvalue weighted by atomic mass is 19.4. The normalized spacial score (nSPS) is 19.4. The molecule has 1 aliphatic heterocycles. The van der Waals surface area contributed by atoms with Crippen molar-refractivity contribution < 1.29 is 18.0 Å². The first-order chi connectivity index (χ1) is 7.32. The summed E-state index contributed by atoms with van der Waals surface area (Å²) < 4.78 is 38.9. The second-order valence-electron chi connectivity index (χ2n) is 3.74. The number of hydrogen-bond acceptors (Lipinski definition) is 3. The minimum Gasteiger partial charge on any atom is -0.411 e. The number of aromatic nitrogens is 2. The summed E-state index contributed by atoms with van der Waals surface area (Å²) in [6.45, 7) is 2.84. The molecule has 7 heteroatoms. The van der Waals surface area contributed by atoms with Crippen LogP contribution < -0.4 is 10.4 Å². The van der Waals surface area contributed by atoms with Crippen LogP contribution in [-0.2, 0) is 6.18 Å². The summed E-state index contributed by atoms with van der Waals surface area (Å²) >= 11 is 0. The van der Waals surface area contributed by atoms with Crippen LogP contribution in [0.2, 0.25) is 0 Å². The molecule has 0 spiro atoms. The molecule has 0 saturated carbocycles. The molecule has 0 aliphatic carbocycles. The van der Waals surface area contributed by atoms with Crippen molar-refractivity contribution in [1.82, 2.24) is 9.71 Å². The first-order valence-electron chi connectivity index (χ1n) is 4.66. The quantitative estimate of drug-likeness (QED) is 0.675. The van der Waals surface area contributed by atoms with Gasteiger partial charge in [0.25, 0.3) is 5.56 Å². The Kier molecular flexibility index (Phi) is 2.21. The fourth-order valence-corrected chi connectivity index (χ4v) is 1.63. The molecule has 0 N–H and O–H groups in total. The summed E-state index contributed by atoms with van der Waals surface area (Å²) in [6, 6.07) is 0. The second kappa shape index (κ2) is 3.23. The standard InChI is InChI=1S/C9H9F3N2O2/c1-4-3-16-14-6(9(10,11)12)5(2)8(15)13-7(4)14/h4H,3H2,1-2H3. The van der Waals surface area contributed by atoms with Crippen molar-refractivity contribution in [2.75, 3.05) is 6.61 Å². The zero-order valence-electron chi connectivity index (χ0n) is 8.63. The van der Waals surface area contributed by atoms with Crippen LogP contribution in [0.5, 0.6) is 0 Å². The Bertz CT molecular complexity index is 493. The van der Waals surface area contributed by atoms with Crippen molar-refractivity contribution in [2.45, 2.75) is 25.9 Å². The predicted octanol–water partition coefficient (Wildman–Crippen LogP) is 1.12. The maximum Gasteiger partial charge on any atom is 0.435 e.